The van der Waals surface area contributed by atoms with E-state index >= 15 is 0 Å². The quantitative estimate of drug-likeness (QED) is 0.278. The summed E-state index contributed by atoms with van der Waals surface area (Å²) in [6.45, 7) is 1.13. The molecule has 1 heterocycles. The summed E-state index contributed by atoms with van der Waals surface area (Å²) < 4.78 is 42.3. The molecule has 194 valence electrons. The molecule has 1 unspecified atom stereocenters. The van der Waals surface area contributed by atoms with E-state index in [1.807, 2.05) is 22.6 Å². The molecule has 0 bridgehead atoms. The number of hydrogen-bond donors (Lipinski definition) is 3. The first-order valence-electron chi connectivity index (χ1n) is 11.9. The monoisotopic (exact) mass is 616 g/mol. The van der Waals surface area contributed by atoms with E-state index in [1.165, 1.54) is 18.2 Å². The molecule has 36 heavy (non-hydrogen) atoms. The lowest BCUT2D eigenvalue weighted by Crippen LogP contribution is -2.57. The summed E-state index contributed by atoms with van der Waals surface area (Å²) in [5.74, 6) is -1.79. The third-order valence-electron chi connectivity index (χ3n) is 7.57. The Bertz CT molecular complexity index is 1120. The molecule has 10 heteroatoms. The van der Waals surface area contributed by atoms with Crippen LogP contribution in [0.5, 0.6) is 0 Å². The minimum Gasteiger partial charge on any atom is -0.478 e. The van der Waals surface area contributed by atoms with Crippen molar-refractivity contribution in [3.63, 3.8) is 0 Å². The number of carbonyl (C=O) groups is 2. The van der Waals surface area contributed by atoms with Crippen LogP contribution in [-0.2, 0) is 10.4 Å². The third-order valence-corrected chi connectivity index (χ3v) is 8.47. The number of anilines is 1. The minimum atomic E-state index is -5.12. The van der Waals surface area contributed by atoms with E-state index in [2.05, 4.69) is 5.32 Å². The van der Waals surface area contributed by atoms with Crippen molar-refractivity contribution in [3.05, 3.63) is 63.2 Å². The molecule has 1 saturated heterocycles. The number of rotatable bonds is 8. The van der Waals surface area contributed by atoms with Gasteiger partial charge in [-0.3, -0.25) is 4.79 Å². The smallest absolute Gasteiger partial charge is 0.430 e. The Morgan fingerprint density at radius 1 is 1.11 bits per heavy atom. The maximum absolute atomic E-state index is 13.9. The average molecular weight is 616 g/mol. The van der Waals surface area contributed by atoms with Crippen molar-refractivity contribution in [2.75, 3.05) is 25.0 Å². The summed E-state index contributed by atoms with van der Waals surface area (Å²) in [6.07, 6.45) is -0.969. The summed E-state index contributed by atoms with van der Waals surface area (Å²) in [4.78, 5) is 25.2. The zero-order valence-electron chi connectivity index (χ0n) is 19.5. The van der Waals surface area contributed by atoms with Crippen LogP contribution < -0.4 is 5.32 Å². The normalized spacial score (nSPS) is 20.6. The molecule has 4 rings (SSSR count). The van der Waals surface area contributed by atoms with Gasteiger partial charge in [0.2, 0.25) is 0 Å². The number of hydrogen-bond acceptors (Lipinski definition) is 4. The zero-order valence-corrected chi connectivity index (χ0v) is 21.7. The van der Waals surface area contributed by atoms with Gasteiger partial charge in [-0.15, -0.1) is 0 Å². The molecule has 6 nitrogen and oxygen atoms in total. The molecule has 2 aromatic carbocycles. The number of carboxylic acid groups (broad SMARTS) is 1. The zero-order chi connectivity index (χ0) is 26.1. The number of halogens is 4. The van der Waals surface area contributed by atoms with Gasteiger partial charge in [0.1, 0.15) is 0 Å². The first-order valence-corrected chi connectivity index (χ1v) is 13.0. The van der Waals surface area contributed by atoms with E-state index in [0.717, 1.165) is 48.5 Å². The highest BCUT2D eigenvalue weighted by Gasteiger charge is 2.63. The molecule has 2 atom stereocenters. The van der Waals surface area contributed by atoms with Crippen LogP contribution in [0, 0.1) is 14.9 Å². The van der Waals surface area contributed by atoms with Gasteiger partial charge in [-0.2, -0.15) is 13.2 Å². The lowest BCUT2D eigenvalue weighted by atomic mass is 9.86. The maximum atomic E-state index is 13.9. The minimum absolute atomic E-state index is 0.0678. The van der Waals surface area contributed by atoms with Crippen LogP contribution in [0.2, 0.25) is 0 Å². The molecule has 1 saturated carbocycles. The Labute approximate surface area is 221 Å². The van der Waals surface area contributed by atoms with E-state index in [4.69, 9.17) is 5.11 Å². The molecule has 1 amide bonds. The highest BCUT2D eigenvalue weighted by Crippen LogP contribution is 2.61. The molecule has 3 N–H and O–H groups in total. The van der Waals surface area contributed by atoms with E-state index in [9.17, 15) is 27.9 Å². The van der Waals surface area contributed by atoms with E-state index in [1.54, 1.807) is 18.2 Å². The Balaban J connectivity index is 1.27. The van der Waals surface area contributed by atoms with Crippen molar-refractivity contribution < 1.29 is 33.0 Å². The number of benzene rings is 2. The first kappa shape index (κ1) is 26.7. The van der Waals surface area contributed by atoms with Gasteiger partial charge in [-0.1, -0.05) is 30.3 Å². The number of nitrogens with one attached hydrogen (secondary N) is 1. The third kappa shape index (κ3) is 5.20. The van der Waals surface area contributed by atoms with Gasteiger partial charge < -0.3 is 20.4 Å². The van der Waals surface area contributed by atoms with Gasteiger partial charge in [0, 0.05) is 34.5 Å². The van der Waals surface area contributed by atoms with Crippen molar-refractivity contribution >= 4 is 40.2 Å². The van der Waals surface area contributed by atoms with Crippen LogP contribution in [-0.4, -0.2) is 52.8 Å². The lowest BCUT2D eigenvalue weighted by Gasteiger charge is -2.39. The Morgan fingerprint density at radius 3 is 2.36 bits per heavy atom. The summed E-state index contributed by atoms with van der Waals surface area (Å²) in [5.41, 5.74) is -2.82. The van der Waals surface area contributed by atoms with Gasteiger partial charge in [0.25, 0.3) is 11.5 Å². The SMILES string of the molecule is O=C(O)c1ccc(NCCC[C@@H]2CC23CCN(C(=O)C(O)(c2ccccc2)C(F)(F)F)CC3)cc1I. The second-order valence-corrected chi connectivity index (χ2v) is 10.9. The van der Waals surface area contributed by atoms with Crippen LogP contribution in [0.1, 0.15) is 48.0 Å². The second-order valence-electron chi connectivity index (χ2n) is 9.70. The fourth-order valence-corrected chi connectivity index (χ4v) is 6.05. The van der Waals surface area contributed by atoms with E-state index in [0.29, 0.717) is 22.3 Å². The first-order chi connectivity index (χ1) is 17.0. The predicted molar refractivity (Wildman–Crippen MR) is 137 cm³/mol. The molecule has 1 aliphatic heterocycles. The van der Waals surface area contributed by atoms with Crippen molar-refractivity contribution in [1.29, 1.82) is 0 Å². The van der Waals surface area contributed by atoms with Gasteiger partial charge in [-0.05, 0) is 84.2 Å². The topological polar surface area (TPSA) is 89.9 Å². The molecule has 0 radical (unpaired) electrons. The van der Waals surface area contributed by atoms with Crippen molar-refractivity contribution in [2.24, 2.45) is 11.3 Å². The summed E-state index contributed by atoms with van der Waals surface area (Å²) in [5, 5.41) is 23.0. The van der Waals surface area contributed by atoms with Crippen molar-refractivity contribution in [3.8, 4) is 0 Å². The number of likely N-dealkylation sites (tertiary alicyclic amines) is 1. The molecule has 0 aromatic heterocycles. The highest BCUT2D eigenvalue weighted by molar-refractivity contribution is 14.1. The van der Waals surface area contributed by atoms with E-state index in [-0.39, 0.29) is 24.1 Å². The largest absolute Gasteiger partial charge is 0.478 e. The second kappa shape index (κ2) is 10.2. The Kier molecular flexibility index (Phi) is 7.57. The summed E-state index contributed by atoms with van der Waals surface area (Å²) in [7, 11) is 0. The van der Waals surface area contributed by atoms with Gasteiger partial charge in [0.05, 0.1) is 5.56 Å². The summed E-state index contributed by atoms with van der Waals surface area (Å²) in [6, 6.07) is 11.7. The number of carboxylic acids is 1. The number of amides is 1. The van der Waals surface area contributed by atoms with E-state index < -0.39 is 29.2 Å². The number of alkyl halides is 3. The maximum Gasteiger partial charge on any atom is 0.430 e. The Morgan fingerprint density at radius 2 is 1.78 bits per heavy atom. The van der Waals surface area contributed by atoms with Crippen LogP contribution >= 0.6 is 22.6 Å². The number of piperidine rings is 1. The number of aliphatic hydroxyl groups is 1. The summed E-state index contributed by atoms with van der Waals surface area (Å²) >= 11 is 2.00. The number of aromatic carboxylic acids is 1. The molecule has 2 aliphatic rings. The molecular weight excluding hydrogens is 588 g/mol. The average Bonchev–Trinajstić information content (AvgIpc) is 3.52. The Hall–Kier alpha value is -2.34. The lowest BCUT2D eigenvalue weighted by molar-refractivity contribution is -0.262. The highest BCUT2D eigenvalue weighted by atomic mass is 127. The van der Waals surface area contributed by atoms with Crippen LogP contribution in [0.3, 0.4) is 0 Å². The molecule has 1 aliphatic carbocycles. The van der Waals surface area contributed by atoms with Crippen LogP contribution in [0.15, 0.2) is 48.5 Å². The fraction of sp³-hybridized carbons (Fsp3) is 0.462. The predicted octanol–water partition coefficient (Wildman–Crippen LogP) is 5.26. The van der Waals surface area contributed by atoms with Crippen LogP contribution in [0.4, 0.5) is 18.9 Å². The van der Waals surface area contributed by atoms with Crippen LogP contribution in [0.25, 0.3) is 0 Å². The van der Waals surface area contributed by atoms with Crippen molar-refractivity contribution in [1.82, 2.24) is 4.90 Å². The van der Waals surface area contributed by atoms with Gasteiger partial charge in [-0.25, -0.2) is 4.79 Å². The molecular formula is C26H28F3IN2O4. The fourth-order valence-electron chi connectivity index (χ4n) is 5.30. The number of nitrogens with zero attached hydrogens (tertiary/aromatic N) is 1. The standard InChI is InChI=1S/C26H28F3IN2O4/c27-26(28,29)25(36,17-5-2-1-3-6-17)23(35)32-13-10-24(11-14-32)16-18(24)7-4-12-31-19-8-9-20(22(33)34)21(30)15-19/h1-3,5-6,8-9,15,18,31,36H,4,7,10-14,16H2,(H,33,34)/t18-,25?/m1/s1. The van der Waals surface area contributed by atoms with Gasteiger partial charge in [0.15, 0.2) is 0 Å². The number of carbonyl (C=O) groups excluding carboxylic acids is 1. The van der Waals surface area contributed by atoms with Crippen molar-refractivity contribution in [2.45, 2.75) is 43.9 Å². The molecule has 2 aromatic rings. The van der Waals surface area contributed by atoms with Gasteiger partial charge >= 0.3 is 12.1 Å². The molecule has 2 fully saturated rings. The molecule has 1 spiro atoms.